The summed E-state index contributed by atoms with van der Waals surface area (Å²) in [7, 11) is 1.90. The van der Waals surface area contributed by atoms with Gasteiger partial charge < -0.3 is 10.2 Å². The van der Waals surface area contributed by atoms with Gasteiger partial charge in [-0.3, -0.25) is 9.89 Å². The van der Waals surface area contributed by atoms with Crippen molar-refractivity contribution in [2.75, 3.05) is 33.2 Å². The number of hydrogen-bond acceptors (Lipinski definition) is 2. The van der Waals surface area contributed by atoms with Crippen molar-refractivity contribution in [2.24, 2.45) is 10.4 Å². The van der Waals surface area contributed by atoms with Gasteiger partial charge in [-0.1, -0.05) is 20.3 Å². The van der Waals surface area contributed by atoms with Crippen LogP contribution in [-0.4, -0.2) is 61.1 Å². The summed E-state index contributed by atoms with van der Waals surface area (Å²) >= 11 is 0. The zero-order chi connectivity index (χ0) is 15.5. The molecule has 2 rings (SSSR count). The first-order valence-corrected chi connectivity index (χ1v) is 8.64. The van der Waals surface area contributed by atoms with E-state index in [4.69, 9.17) is 0 Å². The maximum Gasteiger partial charge on any atom is 0.193 e. The van der Waals surface area contributed by atoms with Crippen molar-refractivity contribution < 1.29 is 0 Å². The Bertz CT molecular complexity index is 364. The molecule has 0 radical (unpaired) electrons. The first kappa shape index (κ1) is 16.6. The van der Waals surface area contributed by atoms with Crippen LogP contribution in [-0.2, 0) is 0 Å². The number of likely N-dealkylation sites (tertiary alicyclic amines) is 2. The highest BCUT2D eigenvalue weighted by Crippen LogP contribution is 2.28. The van der Waals surface area contributed by atoms with Crippen LogP contribution in [0.2, 0.25) is 0 Å². The minimum atomic E-state index is 0.421. The van der Waals surface area contributed by atoms with E-state index in [1.54, 1.807) is 0 Å². The van der Waals surface area contributed by atoms with Gasteiger partial charge in [0, 0.05) is 38.8 Å². The molecular weight excluding hydrogens is 260 g/mol. The summed E-state index contributed by atoms with van der Waals surface area (Å²) in [6.45, 7) is 13.9. The Kier molecular flexibility index (Phi) is 5.53. The van der Waals surface area contributed by atoms with Crippen LogP contribution in [0, 0.1) is 5.41 Å². The molecule has 2 aliphatic rings. The van der Waals surface area contributed by atoms with Crippen LogP contribution in [0.15, 0.2) is 4.99 Å². The largest absolute Gasteiger partial charge is 0.355 e. The fourth-order valence-electron chi connectivity index (χ4n) is 3.76. The van der Waals surface area contributed by atoms with E-state index in [-0.39, 0.29) is 0 Å². The molecule has 1 N–H and O–H groups in total. The maximum atomic E-state index is 4.48. The van der Waals surface area contributed by atoms with E-state index in [1.165, 1.54) is 32.2 Å². The van der Waals surface area contributed by atoms with Gasteiger partial charge in [0.05, 0.1) is 0 Å². The molecule has 2 heterocycles. The zero-order valence-corrected chi connectivity index (χ0v) is 14.7. The molecule has 0 amide bonds. The molecule has 0 aromatic rings. The summed E-state index contributed by atoms with van der Waals surface area (Å²) in [6, 6.07) is 1.30. The Balaban J connectivity index is 1.83. The molecule has 0 aliphatic carbocycles. The topological polar surface area (TPSA) is 30.9 Å². The Morgan fingerprint density at radius 3 is 2.67 bits per heavy atom. The van der Waals surface area contributed by atoms with E-state index < -0.39 is 0 Å². The predicted molar refractivity (Wildman–Crippen MR) is 90.8 cm³/mol. The lowest BCUT2D eigenvalue weighted by molar-refractivity contribution is 0.115. The van der Waals surface area contributed by atoms with Gasteiger partial charge in [0.15, 0.2) is 5.96 Å². The Morgan fingerprint density at radius 2 is 2.10 bits per heavy atom. The Morgan fingerprint density at radius 1 is 1.33 bits per heavy atom. The SMILES string of the molecule is CN=C(NCC(C)N1CCCCC1C)N1CCC(C)(C)C1. The van der Waals surface area contributed by atoms with Crippen molar-refractivity contribution in [3.05, 3.63) is 0 Å². The van der Waals surface area contributed by atoms with Crippen molar-refractivity contribution >= 4 is 5.96 Å². The lowest BCUT2D eigenvalue weighted by Gasteiger charge is -2.38. The highest BCUT2D eigenvalue weighted by Gasteiger charge is 2.31. The molecule has 2 aliphatic heterocycles. The summed E-state index contributed by atoms with van der Waals surface area (Å²) in [5.41, 5.74) is 0.421. The third kappa shape index (κ3) is 4.35. The van der Waals surface area contributed by atoms with E-state index >= 15 is 0 Å². The summed E-state index contributed by atoms with van der Waals surface area (Å²) in [4.78, 5) is 9.54. The van der Waals surface area contributed by atoms with E-state index in [0.717, 1.165) is 31.6 Å². The standard InChI is InChI=1S/C17H34N4/c1-14-8-6-7-10-21(14)15(2)12-19-16(18-5)20-11-9-17(3,4)13-20/h14-15H,6-13H2,1-5H3,(H,18,19). The molecule has 2 fully saturated rings. The molecule has 2 atom stereocenters. The van der Waals surface area contributed by atoms with E-state index in [2.05, 4.69) is 47.8 Å². The van der Waals surface area contributed by atoms with Gasteiger partial charge in [-0.2, -0.15) is 0 Å². The number of piperidine rings is 1. The highest BCUT2D eigenvalue weighted by molar-refractivity contribution is 5.80. The lowest BCUT2D eigenvalue weighted by atomic mass is 9.93. The fraction of sp³-hybridized carbons (Fsp3) is 0.941. The normalized spacial score (nSPS) is 28.7. The third-order valence-corrected chi connectivity index (χ3v) is 5.16. The molecular formula is C17H34N4. The Labute approximate surface area is 131 Å². The zero-order valence-electron chi connectivity index (χ0n) is 14.7. The van der Waals surface area contributed by atoms with Crippen molar-refractivity contribution in [1.82, 2.24) is 15.1 Å². The minimum absolute atomic E-state index is 0.421. The smallest absolute Gasteiger partial charge is 0.193 e. The summed E-state index contributed by atoms with van der Waals surface area (Å²) in [6.07, 6.45) is 5.35. The van der Waals surface area contributed by atoms with Crippen LogP contribution in [0.1, 0.15) is 53.4 Å². The van der Waals surface area contributed by atoms with E-state index in [1.807, 2.05) is 7.05 Å². The molecule has 0 aromatic carbocycles. The molecule has 2 unspecified atom stereocenters. The molecule has 0 saturated carbocycles. The molecule has 4 heteroatoms. The van der Waals surface area contributed by atoms with Crippen LogP contribution >= 0.6 is 0 Å². The van der Waals surface area contributed by atoms with Crippen molar-refractivity contribution in [2.45, 2.75) is 65.5 Å². The third-order valence-electron chi connectivity index (χ3n) is 5.16. The maximum absolute atomic E-state index is 4.48. The quantitative estimate of drug-likeness (QED) is 0.641. The molecule has 0 aromatic heterocycles. The molecule has 0 bridgehead atoms. The Hall–Kier alpha value is -0.770. The summed E-state index contributed by atoms with van der Waals surface area (Å²) in [5.74, 6) is 1.08. The van der Waals surface area contributed by atoms with Gasteiger partial charge in [0.2, 0.25) is 0 Å². The van der Waals surface area contributed by atoms with Gasteiger partial charge in [-0.05, 0) is 45.1 Å². The van der Waals surface area contributed by atoms with Crippen LogP contribution in [0.25, 0.3) is 0 Å². The second-order valence-corrected chi connectivity index (χ2v) is 7.70. The number of rotatable bonds is 3. The lowest BCUT2D eigenvalue weighted by Crippen LogP contribution is -2.50. The highest BCUT2D eigenvalue weighted by atomic mass is 15.3. The van der Waals surface area contributed by atoms with Gasteiger partial charge >= 0.3 is 0 Å². The van der Waals surface area contributed by atoms with Crippen molar-refractivity contribution in [3.8, 4) is 0 Å². The molecule has 2 saturated heterocycles. The average molecular weight is 294 g/mol. The average Bonchev–Trinajstić information content (AvgIpc) is 2.80. The molecule has 0 spiro atoms. The second-order valence-electron chi connectivity index (χ2n) is 7.70. The number of aliphatic imine (C=N–C) groups is 1. The van der Waals surface area contributed by atoms with Gasteiger partial charge in [-0.25, -0.2) is 0 Å². The van der Waals surface area contributed by atoms with E-state index in [9.17, 15) is 0 Å². The number of nitrogens with one attached hydrogen (secondary N) is 1. The molecule has 21 heavy (non-hydrogen) atoms. The van der Waals surface area contributed by atoms with Crippen LogP contribution in [0.5, 0.6) is 0 Å². The van der Waals surface area contributed by atoms with Gasteiger partial charge in [0.1, 0.15) is 0 Å². The molecule has 122 valence electrons. The van der Waals surface area contributed by atoms with Gasteiger partial charge in [-0.15, -0.1) is 0 Å². The van der Waals surface area contributed by atoms with E-state index in [0.29, 0.717) is 11.5 Å². The van der Waals surface area contributed by atoms with Crippen LogP contribution in [0.4, 0.5) is 0 Å². The number of nitrogens with zero attached hydrogens (tertiary/aromatic N) is 3. The summed E-state index contributed by atoms with van der Waals surface area (Å²) < 4.78 is 0. The number of guanidine groups is 1. The number of hydrogen-bond donors (Lipinski definition) is 1. The van der Waals surface area contributed by atoms with Crippen LogP contribution < -0.4 is 5.32 Å². The van der Waals surface area contributed by atoms with Gasteiger partial charge in [0.25, 0.3) is 0 Å². The fourth-order valence-corrected chi connectivity index (χ4v) is 3.76. The van der Waals surface area contributed by atoms with Crippen molar-refractivity contribution in [3.63, 3.8) is 0 Å². The molecule has 4 nitrogen and oxygen atoms in total. The first-order chi connectivity index (χ1) is 9.93. The second kappa shape index (κ2) is 6.99. The minimum Gasteiger partial charge on any atom is -0.355 e. The predicted octanol–water partition coefficient (Wildman–Crippen LogP) is 2.56. The first-order valence-electron chi connectivity index (χ1n) is 8.64. The van der Waals surface area contributed by atoms with Crippen molar-refractivity contribution in [1.29, 1.82) is 0 Å². The van der Waals surface area contributed by atoms with Crippen LogP contribution in [0.3, 0.4) is 0 Å². The summed E-state index contributed by atoms with van der Waals surface area (Å²) in [5, 5.41) is 3.60. The monoisotopic (exact) mass is 294 g/mol.